The minimum Gasteiger partial charge on any atom is -0.480 e. The van der Waals surface area contributed by atoms with Crippen LogP contribution in [-0.2, 0) is 21.3 Å². The largest absolute Gasteiger partial charge is 0.480 e. The Bertz CT molecular complexity index is 1880. The van der Waals surface area contributed by atoms with Gasteiger partial charge in [-0.15, -0.1) is 5.10 Å². The van der Waals surface area contributed by atoms with Crippen molar-refractivity contribution in [1.82, 2.24) is 39.5 Å². The number of halogens is 2. The molecule has 224 valence electrons. The Kier molecular flexibility index (Phi) is 8.21. The number of morpholine rings is 1. The van der Waals surface area contributed by atoms with E-state index in [1.165, 1.54) is 25.4 Å². The molecule has 0 atom stereocenters. The third-order valence-corrected chi connectivity index (χ3v) is 8.53. The molecule has 0 saturated carbocycles. The zero-order valence-electron chi connectivity index (χ0n) is 23.0. The van der Waals surface area contributed by atoms with Gasteiger partial charge in [0.15, 0.2) is 5.65 Å². The summed E-state index contributed by atoms with van der Waals surface area (Å²) in [7, 11) is -2.99. The third kappa shape index (κ3) is 6.29. The number of nitrogens with zero attached hydrogens (tertiary/aromatic N) is 8. The Labute approximate surface area is 251 Å². The van der Waals surface area contributed by atoms with Crippen molar-refractivity contribution in [2.45, 2.75) is 17.9 Å². The van der Waals surface area contributed by atoms with Gasteiger partial charge in [-0.05, 0) is 42.8 Å². The van der Waals surface area contributed by atoms with Gasteiger partial charge in [0.25, 0.3) is 10.0 Å². The first-order valence-electron chi connectivity index (χ1n) is 13.4. The maximum absolute atomic E-state index is 14.4. The summed E-state index contributed by atoms with van der Waals surface area (Å²) in [5.74, 6) is -0.992. The first-order valence-corrected chi connectivity index (χ1v) is 15.2. The van der Waals surface area contributed by atoms with E-state index < -0.39 is 20.7 Å². The number of aryl methyl sites for hydroxylation is 1. The average molecular weight is 628 g/mol. The summed E-state index contributed by atoms with van der Waals surface area (Å²) in [6.07, 6.45) is 5.95. The van der Waals surface area contributed by atoms with Crippen molar-refractivity contribution in [2.24, 2.45) is 0 Å². The number of hydrogen-bond acceptors (Lipinski definition) is 10. The quantitative estimate of drug-likeness (QED) is 0.245. The van der Waals surface area contributed by atoms with E-state index in [0.29, 0.717) is 28.3 Å². The van der Waals surface area contributed by atoms with Gasteiger partial charge in [0.1, 0.15) is 27.8 Å². The second-order valence-corrected chi connectivity index (χ2v) is 11.9. The number of aromatic nitrogens is 7. The summed E-state index contributed by atoms with van der Waals surface area (Å²) in [4.78, 5) is 10.5. The lowest BCUT2D eigenvalue weighted by Crippen LogP contribution is -2.37. The summed E-state index contributed by atoms with van der Waals surface area (Å²) in [5.41, 5.74) is 2.77. The van der Waals surface area contributed by atoms with Crippen molar-refractivity contribution in [3.05, 3.63) is 65.8 Å². The molecule has 43 heavy (non-hydrogen) atoms. The fourth-order valence-corrected chi connectivity index (χ4v) is 6.00. The molecule has 0 aliphatic carbocycles. The molecule has 0 bridgehead atoms. The van der Waals surface area contributed by atoms with Gasteiger partial charge in [0, 0.05) is 43.0 Å². The first kappa shape index (κ1) is 28.9. The molecule has 1 fully saturated rings. The topological polar surface area (TPSA) is 142 Å². The van der Waals surface area contributed by atoms with Crippen molar-refractivity contribution in [2.75, 3.05) is 44.7 Å². The van der Waals surface area contributed by atoms with Gasteiger partial charge in [-0.1, -0.05) is 16.8 Å². The highest BCUT2D eigenvalue weighted by Gasteiger charge is 2.22. The number of pyridine rings is 1. The van der Waals surface area contributed by atoms with Crippen LogP contribution >= 0.6 is 11.6 Å². The molecule has 1 aliphatic heterocycles. The Morgan fingerprint density at radius 3 is 2.70 bits per heavy atom. The van der Waals surface area contributed by atoms with Crippen LogP contribution in [0.25, 0.3) is 28.3 Å². The molecule has 13 nitrogen and oxygen atoms in total. The second-order valence-electron chi connectivity index (χ2n) is 9.77. The number of sulfonamides is 1. The van der Waals surface area contributed by atoms with Crippen LogP contribution in [0.3, 0.4) is 0 Å². The molecule has 5 aromatic rings. The first-order chi connectivity index (χ1) is 20.8. The molecule has 0 radical (unpaired) electrons. The van der Waals surface area contributed by atoms with Crippen molar-refractivity contribution >= 4 is 33.0 Å². The van der Waals surface area contributed by atoms with E-state index in [0.717, 1.165) is 57.9 Å². The highest BCUT2D eigenvalue weighted by atomic mass is 35.5. The minimum absolute atomic E-state index is 0.00197. The lowest BCUT2D eigenvalue weighted by molar-refractivity contribution is 0.0368. The van der Waals surface area contributed by atoms with Gasteiger partial charge in [0.2, 0.25) is 5.88 Å². The SMILES string of the molecule is COc1ncc(-c2ccc3ncc(-c4cn(CCCN5CCOCC5)nn4)n3n2)cc1NS(=O)(=O)c1ccc(Cl)cc1F. The minimum atomic E-state index is -4.34. The summed E-state index contributed by atoms with van der Waals surface area (Å²) in [6, 6.07) is 8.31. The summed E-state index contributed by atoms with van der Waals surface area (Å²) < 4.78 is 56.9. The van der Waals surface area contributed by atoms with Crippen LogP contribution in [0.4, 0.5) is 10.1 Å². The molecule has 0 amide bonds. The molecule has 0 spiro atoms. The Hall–Kier alpha value is -4.18. The van der Waals surface area contributed by atoms with Crippen LogP contribution in [0.15, 0.2) is 59.9 Å². The van der Waals surface area contributed by atoms with Crippen LogP contribution in [0.5, 0.6) is 5.88 Å². The molecule has 1 aliphatic rings. The maximum Gasteiger partial charge on any atom is 0.264 e. The van der Waals surface area contributed by atoms with E-state index in [4.69, 9.17) is 26.2 Å². The molecule has 4 aromatic heterocycles. The smallest absolute Gasteiger partial charge is 0.264 e. The monoisotopic (exact) mass is 627 g/mol. The number of anilines is 1. The van der Waals surface area contributed by atoms with Crippen LogP contribution in [-0.4, -0.2) is 87.9 Å². The van der Waals surface area contributed by atoms with E-state index >= 15 is 0 Å². The Morgan fingerprint density at radius 1 is 1.07 bits per heavy atom. The molecule has 16 heteroatoms. The molecule has 5 heterocycles. The fraction of sp³-hybridized carbons (Fsp3) is 0.296. The fourth-order valence-electron chi connectivity index (χ4n) is 4.73. The van der Waals surface area contributed by atoms with Crippen LogP contribution in [0, 0.1) is 5.82 Å². The molecular formula is C27H27ClFN9O4S. The lowest BCUT2D eigenvalue weighted by atomic mass is 10.2. The normalized spacial score (nSPS) is 14.3. The van der Waals surface area contributed by atoms with Crippen molar-refractivity contribution in [3.63, 3.8) is 0 Å². The van der Waals surface area contributed by atoms with E-state index in [1.54, 1.807) is 27.5 Å². The number of rotatable bonds is 10. The predicted molar refractivity (Wildman–Crippen MR) is 156 cm³/mol. The van der Waals surface area contributed by atoms with Crippen molar-refractivity contribution in [1.29, 1.82) is 0 Å². The van der Waals surface area contributed by atoms with Crippen molar-refractivity contribution in [3.8, 4) is 28.5 Å². The number of hydrogen-bond donors (Lipinski definition) is 1. The van der Waals surface area contributed by atoms with Gasteiger partial charge in [-0.2, -0.15) is 5.10 Å². The predicted octanol–water partition coefficient (Wildman–Crippen LogP) is 3.37. The molecule has 1 N–H and O–H groups in total. The number of imidazole rings is 1. The van der Waals surface area contributed by atoms with E-state index in [2.05, 4.69) is 29.9 Å². The Morgan fingerprint density at radius 2 is 1.91 bits per heavy atom. The standard InChI is InChI=1S/C27H27ClFN9O4S/c1-41-27-22(34-43(39,40)25-5-3-19(28)14-20(25)29)13-18(15-31-27)21-4-6-26-30-16-24(38(26)33-21)23-17-37(35-32-23)8-2-7-36-9-11-42-12-10-36/h3-6,13-17,34H,2,7-12H2,1H3. The molecule has 6 rings (SSSR count). The van der Waals surface area contributed by atoms with Gasteiger partial charge in [0.05, 0.1) is 38.4 Å². The van der Waals surface area contributed by atoms with Gasteiger partial charge in [-0.25, -0.2) is 27.3 Å². The highest BCUT2D eigenvalue weighted by molar-refractivity contribution is 7.92. The number of ether oxygens (including phenoxy) is 2. The van der Waals surface area contributed by atoms with Gasteiger partial charge >= 0.3 is 0 Å². The van der Waals surface area contributed by atoms with Crippen LogP contribution in [0.1, 0.15) is 6.42 Å². The molecule has 1 saturated heterocycles. The molecule has 0 unspecified atom stereocenters. The van der Waals surface area contributed by atoms with Gasteiger partial charge in [-0.3, -0.25) is 14.3 Å². The second kappa shape index (κ2) is 12.2. The van der Waals surface area contributed by atoms with Crippen molar-refractivity contribution < 1.29 is 22.3 Å². The molecule has 1 aromatic carbocycles. The third-order valence-electron chi connectivity index (χ3n) is 6.90. The number of methoxy groups -OCH3 is 1. The maximum atomic E-state index is 14.4. The zero-order valence-corrected chi connectivity index (χ0v) is 24.6. The van der Waals surface area contributed by atoms with E-state index in [1.807, 2.05) is 6.20 Å². The average Bonchev–Trinajstić information content (AvgIpc) is 3.64. The number of fused-ring (bicyclic) bond motifs is 1. The zero-order chi connectivity index (χ0) is 30.0. The number of nitrogens with one attached hydrogen (secondary N) is 1. The summed E-state index contributed by atoms with van der Waals surface area (Å²) >= 11 is 5.78. The summed E-state index contributed by atoms with van der Waals surface area (Å²) in [6.45, 7) is 5.10. The Balaban J connectivity index is 1.24. The van der Waals surface area contributed by atoms with Crippen LogP contribution in [0.2, 0.25) is 5.02 Å². The molecular weight excluding hydrogens is 601 g/mol. The lowest BCUT2D eigenvalue weighted by Gasteiger charge is -2.26. The summed E-state index contributed by atoms with van der Waals surface area (Å²) in [5, 5.41) is 13.4. The van der Waals surface area contributed by atoms with E-state index in [-0.39, 0.29) is 16.6 Å². The highest BCUT2D eigenvalue weighted by Crippen LogP contribution is 2.31. The van der Waals surface area contributed by atoms with E-state index in [9.17, 15) is 12.8 Å². The van der Waals surface area contributed by atoms with Gasteiger partial charge < -0.3 is 9.47 Å². The number of benzene rings is 1. The van der Waals surface area contributed by atoms with Crippen LogP contribution < -0.4 is 9.46 Å².